The number of hydrogen-bond acceptors (Lipinski definition) is 4. The van der Waals surface area contributed by atoms with Gasteiger partial charge in [-0.2, -0.15) is 0 Å². The zero-order valence-electron chi connectivity index (χ0n) is 20.6. The molecule has 7 nitrogen and oxygen atoms in total. The third-order valence-electron chi connectivity index (χ3n) is 5.71. The van der Waals surface area contributed by atoms with Crippen molar-refractivity contribution in [1.29, 1.82) is 0 Å². The molecule has 2 aromatic rings. The maximum atomic E-state index is 13.6. The first-order chi connectivity index (χ1) is 15.8. The molecule has 2 aromatic carbocycles. The molecule has 0 aliphatic carbocycles. The third-order valence-corrected chi connectivity index (χ3v) is 7.07. The molecule has 0 aliphatic heterocycles. The lowest BCUT2D eigenvalue weighted by Crippen LogP contribution is -2.52. The number of aryl methyl sites for hydroxylation is 2. The molecule has 0 aromatic heterocycles. The van der Waals surface area contributed by atoms with E-state index in [2.05, 4.69) is 5.32 Å². The van der Waals surface area contributed by atoms with Gasteiger partial charge in [-0.3, -0.25) is 13.9 Å². The Kier molecular flexibility index (Phi) is 9.53. The van der Waals surface area contributed by atoms with Gasteiger partial charge in [0.05, 0.1) is 11.9 Å². The normalized spacial score (nSPS) is 13.1. The van der Waals surface area contributed by atoms with Crippen LogP contribution in [0, 0.1) is 13.8 Å². The number of carbonyl (C=O) groups excluding carboxylic acids is 2. The second-order valence-electron chi connectivity index (χ2n) is 8.70. The van der Waals surface area contributed by atoms with Crippen molar-refractivity contribution in [1.82, 2.24) is 10.2 Å². The zero-order chi connectivity index (χ0) is 25.6. The van der Waals surface area contributed by atoms with Crippen LogP contribution in [-0.4, -0.2) is 50.0 Å². The summed E-state index contributed by atoms with van der Waals surface area (Å²) in [5, 5.41) is 3.38. The van der Waals surface area contributed by atoms with Crippen molar-refractivity contribution < 1.29 is 18.0 Å². The van der Waals surface area contributed by atoms with E-state index in [4.69, 9.17) is 11.6 Å². The molecule has 9 heteroatoms. The highest BCUT2D eigenvalue weighted by Gasteiger charge is 2.31. The average molecular weight is 508 g/mol. The van der Waals surface area contributed by atoms with E-state index < -0.39 is 28.5 Å². The van der Waals surface area contributed by atoms with E-state index >= 15 is 0 Å². The molecule has 2 rings (SSSR count). The third kappa shape index (κ3) is 7.46. The molecule has 0 bridgehead atoms. The van der Waals surface area contributed by atoms with Crippen LogP contribution < -0.4 is 9.62 Å². The number of amides is 2. The van der Waals surface area contributed by atoms with Crippen LogP contribution in [0.4, 0.5) is 5.69 Å². The minimum absolute atomic E-state index is 0.0462. The molecular weight excluding hydrogens is 474 g/mol. The van der Waals surface area contributed by atoms with Gasteiger partial charge in [0.25, 0.3) is 0 Å². The highest BCUT2D eigenvalue weighted by atomic mass is 35.5. The van der Waals surface area contributed by atoms with E-state index in [0.717, 1.165) is 28.1 Å². The molecular formula is C25H34ClN3O4S. The summed E-state index contributed by atoms with van der Waals surface area (Å²) in [4.78, 5) is 27.9. The standard InChI is InChI=1S/C25H34ClN3O4S/c1-7-19(4)27-25(31)20(5)28(15-21-10-8-9-17(2)13-21)24(30)16-29(34(6,32)33)23-12-11-22(26)14-18(23)3/h8-14,19-20H,7,15-16H2,1-6H3,(H,27,31)/t19-,20+/m0/s1. The Morgan fingerprint density at radius 3 is 2.32 bits per heavy atom. The van der Waals surface area contributed by atoms with Gasteiger partial charge in [0.1, 0.15) is 12.6 Å². The van der Waals surface area contributed by atoms with E-state index in [1.165, 1.54) is 4.90 Å². The van der Waals surface area contributed by atoms with Crippen LogP contribution in [0.3, 0.4) is 0 Å². The molecule has 0 aliphatic rings. The second-order valence-corrected chi connectivity index (χ2v) is 11.0. The second kappa shape index (κ2) is 11.7. The Bertz CT molecular complexity index is 1140. The van der Waals surface area contributed by atoms with Crippen molar-refractivity contribution in [3.05, 3.63) is 64.2 Å². The van der Waals surface area contributed by atoms with Crippen molar-refractivity contribution in [2.45, 2.75) is 59.7 Å². The molecule has 0 saturated heterocycles. The molecule has 0 fully saturated rings. The molecule has 0 heterocycles. The van der Waals surface area contributed by atoms with Crippen molar-refractivity contribution in [2.75, 3.05) is 17.1 Å². The van der Waals surface area contributed by atoms with E-state index in [9.17, 15) is 18.0 Å². The summed E-state index contributed by atoms with van der Waals surface area (Å²) < 4.78 is 26.4. The minimum Gasteiger partial charge on any atom is -0.352 e. The van der Waals surface area contributed by atoms with E-state index in [1.807, 2.05) is 45.0 Å². The number of nitrogens with one attached hydrogen (secondary N) is 1. The SMILES string of the molecule is CC[C@H](C)NC(=O)[C@@H](C)N(Cc1cccc(C)c1)C(=O)CN(c1ccc(Cl)cc1C)S(C)(=O)=O. The number of nitrogens with zero attached hydrogens (tertiary/aromatic N) is 2. The van der Waals surface area contributed by atoms with Gasteiger partial charge in [-0.25, -0.2) is 8.42 Å². The number of anilines is 1. The Morgan fingerprint density at radius 2 is 1.76 bits per heavy atom. The van der Waals surface area contributed by atoms with Crippen molar-refractivity contribution in [2.24, 2.45) is 0 Å². The fourth-order valence-electron chi connectivity index (χ4n) is 3.55. The molecule has 0 unspecified atom stereocenters. The van der Waals surface area contributed by atoms with Crippen LogP contribution in [0.2, 0.25) is 5.02 Å². The summed E-state index contributed by atoms with van der Waals surface area (Å²) >= 11 is 6.04. The highest BCUT2D eigenvalue weighted by molar-refractivity contribution is 7.92. The molecule has 0 saturated carbocycles. The summed E-state index contributed by atoms with van der Waals surface area (Å²) in [7, 11) is -3.79. The minimum atomic E-state index is -3.79. The summed E-state index contributed by atoms with van der Waals surface area (Å²) in [6.07, 6.45) is 1.81. The molecule has 2 amide bonds. The predicted molar refractivity (Wildman–Crippen MR) is 137 cm³/mol. The van der Waals surface area contributed by atoms with Crippen molar-refractivity contribution in [3.8, 4) is 0 Å². The molecule has 34 heavy (non-hydrogen) atoms. The topological polar surface area (TPSA) is 86.8 Å². The fraction of sp³-hybridized carbons (Fsp3) is 0.440. The Morgan fingerprint density at radius 1 is 1.09 bits per heavy atom. The summed E-state index contributed by atoms with van der Waals surface area (Å²) in [5.41, 5.74) is 2.87. The first-order valence-corrected chi connectivity index (χ1v) is 13.4. The summed E-state index contributed by atoms with van der Waals surface area (Å²) in [6, 6.07) is 11.6. The molecule has 0 radical (unpaired) electrons. The van der Waals surface area contributed by atoms with Crippen molar-refractivity contribution >= 4 is 39.1 Å². The summed E-state index contributed by atoms with van der Waals surface area (Å²) in [5.74, 6) is -0.767. The number of benzene rings is 2. The van der Waals surface area contributed by atoms with Gasteiger partial charge >= 0.3 is 0 Å². The molecule has 186 valence electrons. The monoisotopic (exact) mass is 507 g/mol. The van der Waals surface area contributed by atoms with Gasteiger partial charge in [-0.05, 0) is 63.4 Å². The Balaban J connectivity index is 2.42. The lowest BCUT2D eigenvalue weighted by Gasteiger charge is -2.32. The van der Waals surface area contributed by atoms with E-state index in [0.29, 0.717) is 16.3 Å². The lowest BCUT2D eigenvalue weighted by molar-refractivity contribution is -0.139. The van der Waals surface area contributed by atoms with Gasteiger partial charge in [0, 0.05) is 17.6 Å². The zero-order valence-corrected chi connectivity index (χ0v) is 22.2. The largest absolute Gasteiger partial charge is 0.352 e. The Hall–Kier alpha value is -2.58. The van der Waals surface area contributed by atoms with Crippen LogP contribution in [0.15, 0.2) is 42.5 Å². The van der Waals surface area contributed by atoms with Crippen LogP contribution in [0.5, 0.6) is 0 Å². The average Bonchev–Trinajstić information content (AvgIpc) is 2.74. The number of hydrogen-bond donors (Lipinski definition) is 1. The van der Waals surface area contributed by atoms with Crippen LogP contribution in [0.1, 0.15) is 43.9 Å². The van der Waals surface area contributed by atoms with E-state index in [1.54, 1.807) is 32.0 Å². The molecule has 2 atom stereocenters. The number of sulfonamides is 1. The quantitative estimate of drug-likeness (QED) is 0.525. The number of halogens is 1. The van der Waals surface area contributed by atoms with Gasteiger partial charge in [0.2, 0.25) is 21.8 Å². The smallest absolute Gasteiger partial charge is 0.244 e. The predicted octanol–water partition coefficient (Wildman–Crippen LogP) is 4.05. The van der Waals surface area contributed by atoms with Crippen LogP contribution in [-0.2, 0) is 26.2 Å². The van der Waals surface area contributed by atoms with Gasteiger partial charge < -0.3 is 10.2 Å². The molecule has 1 N–H and O–H groups in total. The first-order valence-electron chi connectivity index (χ1n) is 11.2. The number of rotatable bonds is 10. The maximum absolute atomic E-state index is 13.6. The van der Waals surface area contributed by atoms with Gasteiger partial charge in [-0.15, -0.1) is 0 Å². The first kappa shape index (κ1) is 27.7. The van der Waals surface area contributed by atoms with Crippen LogP contribution >= 0.6 is 11.6 Å². The number of carbonyl (C=O) groups is 2. The lowest BCUT2D eigenvalue weighted by atomic mass is 10.1. The highest BCUT2D eigenvalue weighted by Crippen LogP contribution is 2.26. The van der Waals surface area contributed by atoms with Gasteiger partial charge in [0.15, 0.2) is 0 Å². The van der Waals surface area contributed by atoms with Gasteiger partial charge in [-0.1, -0.05) is 48.4 Å². The maximum Gasteiger partial charge on any atom is 0.244 e. The molecule has 0 spiro atoms. The van der Waals surface area contributed by atoms with Crippen molar-refractivity contribution in [3.63, 3.8) is 0 Å². The summed E-state index contributed by atoms with van der Waals surface area (Å²) in [6.45, 7) is 8.93. The van der Waals surface area contributed by atoms with Crippen LogP contribution in [0.25, 0.3) is 0 Å². The Labute approximate surface area is 208 Å². The van der Waals surface area contributed by atoms with E-state index in [-0.39, 0.29) is 18.5 Å². The fourth-order valence-corrected chi connectivity index (χ4v) is 4.68.